The fourth-order valence-electron chi connectivity index (χ4n) is 4.72. The van der Waals surface area contributed by atoms with Gasteiger partial charge in [-0.2, -0.15) is 0 Å². The molecule has 40 heavy (non-hydrogen) atoms. The highest BCUT2D eigenvalue weighted by Gasteiger charge is 2.30. The number of nitrogens with zero attached hydrogens (tertiary/aromatic N) is 6. The average molecular weight is 562 g/mol. The van der Waals surface area contributed by atoms with Crippen LogP contribution in [0.25, 0.3) is 27.8 Å². The molecular weight excluding hydrogens is 526 g/mol. The van der Waals surface area contributed by atoms with Crippen LogP contribution < -0.4 is 15.8 Å². The Bertz CT molecular complexity index is 1630. The van der Waals surface area contributed by atoms with Crippen molar-refractivity contribution in [2.45, 2.75) is 51.4 Å². The molecule has 1 saturated carbocycles. The van der Waals surface area contributed by atoms with E-state index in [1.54, 1.807) is 28.5 Å². The number of hydrogen-bond acceptors (Lipinski definition) is 8. The Kier molecular flexibility index (Phi) is 6.93. The molecule has 0 unspecified atom stereocenters. The Hall–Kier alpha value is -3.61. The molecular formula is C28H35N7O4Si. The molecule has 210 valence electrons. The highest BCUT2D eigenvalue weighted by molar-refractivity contribution is 6.76. The molecule has 2 fully saturated rings. The zero-order valence-electron chi connectivity index (χ0n) is 23.4. The lowest BCUT2D eigenvalue weighted by atomic mass is 10.1. The molecule has 4 aromatic heterocycles. The molecule has 0 bridgehead atoms. The number of fused-ring (bicyclic) bond motifs is 2. The number of nitrogens with one attached hydrogen (secondary N) is 1. The third-order valence-electron chi connectivity index (χ3n) is 7.50. The summed E-state index contributed by atoms with van der Waals surface area (Å²) in [6, 6.07) is 6.71. The first-order chi connectivity index (χ1) is 19.2. The number of hydrogen-bond donors (Lipinski definition) is 1. The lowest BCUT2D eigenvalue weighted by Gasteiger charge is -2.39. The number of aromatic nitrogens is 5. The predicted molar refractivity (Wildman–Crippen MR) is 156 cm³/mol. The van der Waals surface area contributed by atoms with Gasteiger partial charge >= 0.3 is 0 Å². The van der Waals surface area contributed by atoms with E-state index in [4.69, 9.17) is 19.6 Å². The van der Waals surface area contributed by atoms with E-state index in [-0.39, 0.29) is 30.2 Å². The van der Waals surface area contributed by atoms with Gasteiger partial charge < -0.3 is 19.7 Å². The highest BCUT2D eigenvalue weighted by atomic mass is 28.3. The number of ether oxygens (including phenoxy) is 2. The van der Waals surface area contributed by atoms with Gasteiger partial charge in [0.25, 0.3) is 5.56 Å². The molecule has 0 radical (unpaired) electrons. The van der Waals surface area contributed by atoms with Crippen LogP contribution >= 0.6 is 0 Å². The number of carbonyl (C=O) groups excluding carboxylic acids is 1. The van der Waals surface area contributed by atoms with Crippen molar-refractivity contribution in [3.8, 4) is 11.4 Å². The molecule has 1 aliphatic heterocycles. The van der Waals surface area contributed by atoms with E-state index in [2.05, 4.69) is 34.8 Å². The number of rotatable bonds is 10. The maximum Gasteiger partial charge on any atom is 0.261 e. The molecule has 1 amide bonds. The fraction of sp³-hybridized carbons (Fsp3) is 0.464. The van der Waals surface area contributed by atoms with E-state index < -0.39 is 8.07 Å². The molecule has 0 spiro atoms. The zero-order valence-corrected chi connectivity index (χ0v) is 24.4. The van der Waals surface area contributed by atoms with Crippen molar-refractivity contribution in [3.63, 3.8) is 0 Å². The second-order valence-corrected chi connectivity index (χ2v) is 17.6. The smallest absolute Gasteiger partial charge is 0.261 e. The van der Waals surface area contributed by atoms with Crippen LogP contribution in [0.1, 0.15) is 12.8 Å². The number of pyridine rings is 3. The summed E-state index contributed by atoms with van der Waals surface area (Å²) in [5.74, 6) is 0.878. The Labute approximate surface area is 233 Å². The van der Waals surface area contributed by atoms with E-state index in [1.807, 2.05) is 18.3 Å². The average Bonchev–Trinajstić information content (AvgIpc) is 3.66. The molecule has 5 heterocycles. The normalized spacial score (nSPS) is 16.1. The Balaban J connectivity index is 1.37. The van der Waals surface area contributed by atoms with Gasteiger partial charge in [-0.25, -0.2) is 14.5 Å². The molecule has 12 heteroatoms. The van der Waals surface area contributed by atoms with Crippen LogP contribution in [0.4, 0.5) is 11.5 Å². The van der Waals surface area contributed by atoms with E-state index in [1.165, 1.54) is 6.20 Å². The minimum absolute atomic E-state index is 0.0400. The number of methoxy groups -OCH3 is 1. The topological polar surface area (TPSA) is 116 Å². The van der Waals surface area contributed by atoms with Crippen molar-refractivity contribution in [2.75, 3.05) is 37.0 Å². The van der Waals surface area contributed by atoms with Crippen LogP contribution in [0.15, 0.2) is 41.6 Å². The Morgan fingerprint density at radius 1 is 1.15 bits per heavy atom. The van der Waals surface area contributed by atoms with Gasteiger partial charge in [-0.05, 0) is 37.1 Å². The highest BCUT2D eigenvalue weighted by Crippen LogP contribution is 2.31. The summed E-state index contributed by atoms with van der Waals surface area (Å²) in [5, 5.41) is 8.73. The fourth-order valence-corrected chi connectivity index (χ4v) is 5.47. The summed E-state index contributed by atoms with van der Waals surface area (Å²) in [4.78, 5) is 37.2. The summed E-state index contributed by atoms with van der Waals surface area (Å²) < 4.78 is 14.6. The second-order valence-electron chi connectivity index (χ2n) is 11.9. The first-order valence-corrected chi connectivity index (χ1v) is 17.5. The zero-order chi connectivity index (χ0) is 28.0. The molecule has 1 saturated heterocycles. The van der Waals surface area contributed by atoms with Crippen LogP contribution in [0.5, 0.6) is 0 Å². The second kappa shape index (κ2) is 10.4. The van der Waals surface area contributed by atoms with Gasteiger partial charge in [0, 0.05) is 64.1 Å². The van der Waals surface area contributed by atoms with Gasteiger partial charge in [0.05, 0.1) is 23.4 Å². The van der Waals surface area contributed by atoms with Gasteiger partial charge in [0.2, 0.25) is 5.91 Å². The molecule has 11 nitrogen and oxygen atoms in total. The van der Waals surface area contributed by atoms with Crippen LogP contribution in [-0.4, -0.2) is 71.0 Å². The van der Waals surface area contributed by atoms with Gasteiger partial charge in [0.15, 0.2) is 11.5 Å². The van der Waals surface area contributed by atoms with Gasteiger partial charge in [-0.1, -0.05) is 19.6 Å². The third kappa shape index (κ3) is 5.51. The molecule has 6 rings (SSSR count). The SMILES string of the molecule is COC1CN(c2ccc3nc(-c4cn(COCC[Si](C)(C)C)c(=O)c5cnc(NC(=O)C6CC6)cc45)nn3c2)C1. The monoisotopic (exact) mass is 561 g/mol. The number of carbonyl (C=O) groups is 1. The van der Waals surface area contributed by atoms with Crippen molar-refractivity contribution in [2.24, 2.45) is 5.92 Å². The Morgan fingerprint density at radius 2 is 1.95 bits per heavy atom. The van der Waals surface area contributed by atoms with E-state index in [0.29, 0.717) is 40.2 Å². The molecule has 0 atom stereocenters. The lowest BCUT2D eigenvalue weighted by molar-refractivity contribution is -0.117. The first-order valence-electron chi connectivity index (χ1n) is 13.7. The summed E-state index contributed by atoms with van der Waals surface area (Å²) in [7, 11) is 0.464. The van der Waals surface area contributed by atoms with Crippen molar-refractivity contribution in [3.05, 3.63) is 47.1 Å². The first kappa shape index (κ1) is 26.6. The molecule has 4 aromatic rings. The van der Waals surface area contributed by atoms with Crippen LogP contribution in [0.3, 0.4) is 0 Å². The van der Waals surface area contributed by atoms with Crippen molar-refractivity contribution in [1.82, 2.24) is 24.1 Å². The maximum atomic E-state index is 13.4. The van der Waals surface area contributed by atoms with Gasteiger partial charge in [0.1, 0.15) is 12.5 Å². The predicted octanol–water partition coefficient (Wildman–Crippen LogP) is 3.60. The molecule has 1 N–H and O–H groups in total. The molecule has 2 aliphatic rings. The van der Waals surface area contributed by atoms with E-state index >= 15 is 0 Å². The van der Waals surface area contributed by atoms with Gasteiger partial charge in [-0.3, -0.25) is 14.2 Å². The van der Waals surface area contributed by atoms with E-state index in [9.17, 15) is 9.59 Å². The van der Waals surface area contributed by atoms with Gasteiger partial charge in [-0.15, -0.1) is 5.10 Å². The summed E-state index contributed by atoms with van der Waals surface area (Å²) in [6.07, 6.45) is 7.25. The largest absolute Gasteiger partial charge is 0.378 e. The van der Waals surface area contributed by atoms with Crippen molar-refractivity contribution in [1.29, 1.82) is 0 Å². The van der Waals surface area contributed by atoms with Crippen LogP contribution in [0, 0.1) is 5.92 Å². The summed E-state index contributed by atoms with van der Waals surface area (Å²) >= 11 is 0. The standard InChI is InChI=1S/C28H35N7O4Si/c1-38-20-14-33(15-20)19-7-8-25-31-26(32-35(25)13-19)23-16-34(17-39-9-10-40(2,3)4)28(37)22-12-29-24(11-21(22)23)30-27(36)18-5-6-18/h7-8,11-13,16,18,20H,5-6,9-10,14-15,17H2,1-4H3,(H,29,30,36). The quantitative estimate of drug-likeness (QED) is 0.231. The third-order valence-corrected chi connectivity index (χ3v) is 9.20. The maximum absolute atomic E-state index is 13.4. The lowest BCUT2D eigenvalue weighted by Crippen LogP contribution is -2.51. The van der Waals surface area contributed by atoms with Crippen LogP contribution in [0.2, 0.25) is 25.7 Å². The van der Waals surface area contributed by atoms with Crippen molar-refractivity contribution >= 4 is 41.9 Å². The Morgan fingerprint density at radius 3 is 2.67 bits per heavy atom. The van der Waals surface area contributed by atoms with Crippen molar-refractivity contribution < 1.29 is 14.3 Å². The van der Waals surface area contributed by atoms with Crippen LogP contribution in [-0.2, 0) is 21.0 Å². The number of amides is 1. The molecule has 1 aliphatic carbocycles. The molecule has 0 aromatic carbocycles. The minimum Gasteiger partial charge on any atom is -0.378 e. The number of anilines is 2. The summed E-state index contributed by atoms with van der Waals surface area (Å²) in [6.45, 7) is 9.26. The summed E-state index contributed by atoms with van der Waals surface area (Å²) in [5.41, 5.74) is 2.19. The minimum atomic E-state index is -1.27. The van der Waals surface area contributed by atoms with E-state index in [0.717, 1.165) is 37.7 Å².